The molecule has 0 fully saturated rings. The molecule has 0 saturated carbocycles. The first-order chi connectivity index (χ1) is 9.66. The van der Waals surface area contributed by atoms with Crippen LogP contribution in [0.1, 0.15) is 24.8 Å². The molecule has 1 aromatic carbocycles. The molecular formula is C15H20N2O3. The monoisotopic (exact) mass is 276 g/mol. The van der Waals surface area contributed by atoms with E-state index in [1.165, 1.54) is 11.3 Å². The summed E-state index contributed by atoms with van der Waals surface area (Å²) in [4.78, 5) is 24.0. The summed E-state index contributed by atoms with van der Waals surface area (Å²) in [6, 6.07) is 8.40. The van der Waals surface area contributed by atoms with Crippen LogP contribution in [0.3, 0.4) is 0 Å². The molecule has 0 spiro atoms. The van der Waals surface area contributed by atoms with Gasteiger partial charge in [0.1, 0.15) is 0 Å². The van der Waals surface area contributed by atoms with Gasteiger partial charge in [0, 0.05) is 31.7 Å². The van der Waals surface area contributed by atoms with Crippen LogP contribution in [-0.4, -0.2) is 36.6 Å². The van der Waals surface area contributed by atoms with E-state index in [-0.39, 0.29) is 18.7 Å². The third-order valence-electron chi connectivity index (χ3n) is 3.48. The van der Waals surface area contributed by atoms with Gasteiger partial charge in [-0.05, 0) is 24.5 Å². The fraction of sp³-hybridized carbons (Fsp3) is 0.467. The van der Waals surface area contributed by atoms with E-state index >= 15 is 0 Å². The molecule has 1 aromatic rings. The zero-order valence-corrected chi connectivity index (χ0v) is 11.5. The second kappa shape index (κ2) is 6.93. The normalized spacial score (nSPS) is 13.1. The first-order valence-electron chi connectivity index (χ1n) is 6.98. The number of rotatable bonds is 7. The van der Waals surface area contributed by atoms with Gasteiger partial charge in [0.25, 0.3) is 0 Å². The molecule has 0 unspecified atom stereocenters. The highest BCUT2D eigenvalue weighted by molar-refractivity contribution is 5.80. The maximum Gasteiger partial charge on any atom is 0.303 e. The van der Waals surface area contributed by atoms with Gasteiger partial charge < -0.3 is 15.3 Å². The van der Waals surface area contributed by atoms with E-state index in [0.717, 1.165) is 25.9 Å². The molecule has 0 atom stereocenters. The number of hydrogen-bond acceptors (Lipinski definition) is 3. The molecule has 1 aliphatic rings. The summed E-state index contributed by atoms with van der Waals surface area (Å²) in [7, 11) is 0. The molecule has 0 aromatic heterocycles. The summed E-state index contributed by atoms with van der Waals surface area (Å²) in [6.45, 7) is 2.54. The quantitative estimate of drug-likeness (QED) is 0.739. The van der Waals surface area contributed by atoms with Crippen molar-refractivity contribution in [3.05, 3.63) is 29.8 Å². The molecule has 0 aliphatic carbocycles. The number of amides is 1. The highest BCUT2D eigenvalue weighted by Gasteiger charge is 2.17. The summed E-state index contributed by atoms with van der Waals surface area (Å²) >= 11 is 0. The molecule has 1 heterocycles. The lowest BCUT2D eigenvalue weighted by molar-refractivity contribution is -0.138. The highest BCUT2D eigenvalue weighted by Crippen LogP contribution is 2.27. The van der Waals surface area contributed by atoms with Crippen LogP contribution < -0.4 is 10.2 Å². The number of para-hydroxylation sites is 1. The Kier molecular flexibility index (Phi) is 4.98. The van der Waals surface area contributed by atoms with Gasteiger partial charge in [-0.1, -0.05) is 18.2 Å². The number of anilines is 1. The van der Waals surface area contributed by atoms with Crippen molar-refractivity contribution in [3.63, 3.8) is 0 Å². The number of carboxylic acids is 1. The first kappa shape index (κ1) is 14.4. The molecule has 0 saturated heterocycles. The molecule has 5 nitrogen and oxygen atoms in total. The van der Waals surface area contributed by atoms with E-state index in [9.17, 15) is 9.59 Å². The molecule has 108 valence electrons. The number of carbonyl (C=O) groups is 2. The fourth-order valence-electron chi connectivity index (χ4n) is 2.45. The van der Waals surface area contributed by atoms with Crippen LogP contribution in [0.2, 0.25) is 0 Å². The molecule has 20 heavy (non-hydrogen) atoms. The van der Waals surface area contributed by atoms with Crippen LogP contribution in [0.15, 0.2) is 24.3 Å². The molecule has 1 aliphatic heterocycles. The van der Waals surface area contributed by atoms with Crippen molar-refractivity contribution in [2.45, 2.75) is 25.7 Å². The molecule has 2 rings (SSSR count). The minimum Gasteiger partial charge on any atom is -0.481 e. The van der Waals surface area contributed by atoms with Crippen molar-refractivity contribution < 1.29 is 14.7 Å². The number of carbonyl (C=O) groups excluding carboxylic acids is 1. The summed E-state index contributed by atoms with van der Waals surface area (Å²) in [5, 5.41) is 11.2. The predicted octanol–water partition coefficient (Wildman–Crippen LogP) is 1.42. The average molecular weight is 276 g/mol. The summed E-state index contributed by atoms with van der Waals surface area (Å²) in [5.74, 6) is -1.12. The minimum atomic E-state index is -0.936. The van der Waals surface area contributed by atoms with Gasteiger partial charge in [-0.25, -0.2) is 0 Å². The number of benzene rings is 1. The fourth-order valence-corrected chi connectivity index (χ4v) is 2.45. The lowest BCUT2D eigenvalue weighted by Crippen LogP contribution is -2.29. The third-order valence-corrected chi connectivity index (χ3v) is 3.48. The minimum absolute atomic E-state index is 0.0574. The van der Waals surface area contributed by atoms with E-state index in [4.69, 9.17) is 5.11 Å². The number of carboxylic acid groups (broad SMARTS) is 1. The van der Waals surface area contributed by atoms with Gasteiger partial charge in [-0.3, -0.25) is 9.59 Å². The van der Waals surface area contributed by atoms with Crippen molar-refractivity contribution in [2.75, 3.05) is 24.5 Å². The van der Waals surface area contributed by atoms with E-state index in [2.05, 4.69) is 28.4 Å². The maximum absolute atomic E-state index is 11.4. The third kappa shape index (κ3) is 3.98. The number of hydrogen-bond donors (Lipinski definition) is 2. The number of nitrogens with one attached hydrogen (secondary N) is 1. The Bertz CT molecular complexity index is 488. The topological polar surface area (TPSA) is 69.6 Å². The van der Waals surface area contributed by atoms with Crippen LogP contribution in [0.25, 0.3) is 0 Å². The average Bonchev–Trinajstić information content (AvgIpc) is 2.85. The predicted molar refractivity (Wildman–Crippen MR) is 76.9 cm³/mol. The zero-order chi connectivity index (χ0) is 14.4. The molecule has 0 bridgehead atoms. The summed E-state index contributed by atoms with van der Waals surface area (Å²) in [5.41, 5.74) is 2.68. The Labute approximate surface area is 118 Å². The second-order valence-corrected chi connectivity index (χ2v) is 4.96. The van der Waals surface area contributed by atoms with Crippen LogP contribution in [0, 0.1) is 0 Å². The zero-order valence-electron chi connectivity index (χ0n) is 11.5. The number of nitrogens with zero attached hydrogens (tertiary/aromatic N) is 1. The van der Waals surface area contributed by atoms with Gasteiger partial charge >= 0.3 is 5.97 Å². The lowest BCUT2D eigenvalue weighted by atomic mass is 10.2. The Balaban J connectivity index is 1.65. The second-order valence-electron chi connectivity index (χ2n) is 4.96. The standard InChI is InChI=1S/C15H20N2O3/c18-14(6-7-15(19)20)16-9-3-10-17-11-8-12-4-1-2-5-13(12)17/h1-2,4-5H,3,6-11H2,(H,16,18)(H,19,20). The Morgan fingerprint density at radius 2 is 2.05 bits per heavy atom. The van der Waals surface area contributed by atoms with Crippen molar-refractivity contribution >= 4 is 17.6 Å². The maximum atomic E-state index is 11.4. The Morgan fingerprint density at radius 3 is 2.85 bits per heavy atom. The van der Waals surface area contributed by atoms with Crippen LogP contribution >= 0.6 is 0 Å². The number of fused-ring (bicyclic) bond motifs is 1. The van der Waals surface area contributed by atoms with Crippen LogP contribution in [-0.2, 0) is 16.0 Å². The number of aliphatic carboxylic acids is 1. The Hall–Kier alpha value is -2.04. The molecule has 2 N–H and O–H groups in total. The van der Waals surface area contributed by atoms with Gasteiger partial charge in [0.05, 0.1) is 6.42 Å². The van der Waals surface area contributed by atoms with Crippen molar-refractivity contribution in [1.29, 1.82) is 0 Å². The smallest absolute Gasteiger partial charge is 0.303 e. The molecule has 0 radical (unpaired) electrons. The van der Waals surface area contributed by atoms with Crippen molar-refractivity contribution in [2.24, 2.45) is 0 Å². The SMILES string of the molecule is O=C(O)CCC(=O)NCCCN1CCc2ccccc21. The van der Waals surface area contributed by atoms with E-state index in [1.807, 2.05) is 6.07 Å². The first-order valence-corrected chi connectivity index (χ1v) is 6.98. The largest absolute Gasteiger partial charge is 0.481 e. The summed E-state index contributed by atoms with van der Waals surface area (Å²) in [6.07, 6.45) is 1.90. The van der Waals surface area contributed by atoms with E-state index in [0.29, 0.717) is 6.54 Å². The Morgan fingerprint density at radius 1 is 1.25 bits per heavy atom. The van der Waals surface area contributed by atoms with Crippen molar-refractivity contribution in [3.8, 4) is 0 Å². The van der Waals surface area contributed by atoms with Gasteiger partial charge in [0.2, 0.25) is 5.91 Å². The van der Waals surface area contributed by atoms with Crippen LogP contribution in [0.4, 0.5) is 5.69 Å². The highest BCUT2D eigenvalue weighted by atomic mass is 16.4. The lowest BCUT2D eigenvalue weighted by Gasteiger charge is -2.19. The van der Waals surface area contributed by atoms with Crippen LogP contribution in [0.5, 0.6) is 0 Å². The van der Waals surface area contributed by atoms with E-state index < -0.39 is 5.97 Å². The van der Waals surface area contributed by atoms with Gasteiger partial charge in [-0.2, -0.15) is 0 Å². The molecular weight excluding hydrogens is 256 g/mol. The summed E-state index contributed by atoms with van der Waals surface area (Å²) < 4.78 is 0. The van der Waals surface area contributed by atoms with E-state index in [1.54, 1.807) is 0 Å². The van der Waals surface area contributed by atoms with Crippen molar-refractivity contribution in [1.82, 2.24) is 5.32 Å². The van der Waals surface area contributed by atoms with Gasteiger partial charge in [0.15, 0.2) is 0 Å². The van der Waals surface area contributed by atoms with Gasteiger partial charge in [-0.15, -0.1) is 0 Å². The molecule has 5 heteroatoms. The molecule has 1 amide bonds.